The Morgan fingerprint density at radius 1 is 1.06 bits per heavy atom. The molecule has 4 aromatic rings. The van der Waals surface area contributed by atoms with Gasteiger partial charge in [0.25, 0.3) is 5.91 Å². The molecule has 2 heterocycles. The number of ether oxygens (including phenoxy) is 1. The Bertz CT molecular complexity index is 1360. The molecule has 7 nitrogen and oxygen atoms in total. The minimum Gasteiger partial charge on any atom is -0.453 e. The Morgan fingerprint density at radius 2 is 1.79 bits per heavy atom. The molecule has 0 aliphatic rings. The van der Waals surface area contributed by atoms with Crippen molar-refractivity contribution in [3.8, 4) is 17.2 Å². The second-order valence-corrected chi connectivity index (χ2v) is 7.23. The number of nitrogens with one attached hydrogen (secondary N) is 1. The van der Waals surface area contributed by atoms with Crippen molar-refractivity contribution in [3.63, 3.8) is 0 Å². The molecule has 1 amide bonds. The molecule has 0 unspecified atom stereocenters. The number of carbonyl (C=O) groups excluding carboxylic acids is 1. The zero-order valence-corrected chi connectivity index (χ0v) is 17.7. The van der Waals surface area contributed by atoms with Crippen LogP contribution >= 0.6 is 11.6 Å². The molecule has 0 bridgehead atoms. The summed E-state index contributed by atoms with van der Waals surface area (Å²) in [6.45, 7) is 0. The number of aromatic nitrogens is 3. The lowest BCUT2D eigenvalue weighted by atomic mass is 10.2. The summed E-state index contributed by atoms with van der Waals surface area (Å²) < 4.78 is 62.0. The number of para-hydroxylation sites is 1. The SMILES string of the molecule is Nc1nccc(Oc2ccc(NC(=O)c3ncn(-c4ccccc4)c3C(F)(F)F)cc2F)c1Cl. The highest BCUT2D eigenvalue weighted by Crippen LogP contribution is 2.35. The van der Waals surface area contributed by atoms with Crippen LogP contribution in [-0.4, -0.2) is 20.4 Å². The van der Waals surface area contributed by atoms with Gasteiger partial charge >= 0.3 is 6.18 Å². The molecule has 0 aliphatic carbocycles. The lowest BCUT2D eigenvalue weighted by Crippen LogP contribution is -2.21. The Labute approximate surface area is 194 Å². The van der Waals surface area contributed by atoms with E-state index in [4.69, 9.17) is 22.1 Å². The zero-order chi connectivity index (χ0) is 24.5. The van der Waals surface area contributed by atoms with Crippen LogP contribution < -0.4 is 15.8 Å². The summed E-state index contributed by atoms with van der Waals surface area (Å²) in [5.41, 5.74) is 3.51. The molecule has 0 aliphatic heterocycles. The Morgan fingerprint density at radius 3 is 2.47 bits per heavy atom. The first-order valence-electron chi connectivity index (χ1n) is 9.54. The molecular weight excluding hydrogens is 478 g/mol. The third kappa shape index (κ3) is 4.64. The number of alkyl halides is 3. The Kier molecular flexibility index (Phi) is 6.12. The number of nitrogens with zero attached hydrogens (tertiary/aromatic N) is 3. The van der Waals surface area contributed by atoms with Gasteiger partial charge in [-0.1, -0.05) is 29.8 Å². The molecule has 0 saturated carbocycles. The molecule has 3 N–H and O–H groups in total. The number of amides is 1. The van der Waals surface area contributed by atoms with Crippen molar-refractivity contribution in [2.24, 2.45) is 0 Å². The van der Waals surface area contributed by atoms with Crippen LogP contribution in [-0.2, 0) is 6.18 Å². The number of imidazole rings is 1. The average molecular weight is 492 g/mol. The molecular formula is C22H14ClF4N5O2. The predicted molar refractivity (Wildman–Crippen MR) is 117 cm³/mol. The summed E-state index contributed by atoms with van der Waals surface area (Å²) in [5, 5.41) is 2.20. The lowest BCUT2D eigenvalue weighted by molar-refractivity contribution is -0.142. The molecule has 0 saturated heterocycles. The highest BCUT2D eigenvalue weighted by atomic mass is 35.5. The predicted octanol–water partition coefficient (Wildman–Crippen LogP) is 5.71. The van der Waals surface area contributed by atoms with E-state index in [1.807, 2.05) is 0 Å². The minimum atomic E-state index is -4.88. The van der Waals surface area contributed by atoms with Gasteiger partial charge in [-0.25, -0.2) is 14.4 Å². The molecule has 0 atom stereocenters. The van der Waals surface area contributed by atoms with E-state index in [2.05, 4.69) is 15.3 Å². The van der Waals surface area contributed by atoms with E-state index in [1.165, 1.54) is 36.5 Å². The second-order valence-electron chi connectivity index (χ2n) is 6.85. The highest BCUT2D eigenvalue weighted by Gasteiger charge is 2.40. The maximum Gasteiger partial charge on any atom is 0.434 e. The number of hydrogen-bond donors (Lipinski definition) is 2. The van der Waals surface area contributed by atoms with E-state index in [0.29, 0.717) is 0 Å². The average Bonchev–Trinajstić information content (AvgIpc) is 3.25. The summed E-state index contributed by atoms with van der Waals surface area (Å²) in [7, 11) is 0. The van der Waals surface area contributed by atoms with Crippen molar-refractivity contribution >= 4 is 29.0 Å². The van der Waals surface area contributed by atoms with Gasteiger partial charge in [0.1, 0.15) is 17.2 Å². The van der Waals surface area contributed by atoms with Gasteiger partial charge < -0.3 is 15.8 Å². The van der Waals surface area contributed by atoms with Gasteiger partial charge in [0.2, 0.25) is 0 Å². The molecule has 2 aromatic carbocycles. The van der Waals surface area contributed by atoms with Crippen molar-refractivity contribution in [2.45, 2.75) is 6.18 Å². The van der Waals surface area contributed by atoms with E-state index < -0.39 is 29.3 Å². The van der Waals surface area contributed by atoms with Crippen molar-refractivity contribution in [2.75, 3.05) is 11.1 Å². The summed E-state index contributed by atoms with van der Waals surface area (Å²) >= 11 is 5.97. The number of pyridine rings is 1. The topological polar surface area (TPSA) is 95.1 Å². The fourth-order valence-corrected chi connectivity index (χ4v) is 3.21. The van der Waals surface area contributed by atoms with Gasteiger partial charge in [-0.05, 0) is 24.3 Å². The van der Waals surface area contributed by atoms with Gasteiger partial charge in [-0.2, -0.15) is 13.2 Å². The van der Waals surface area contributed by atoms with Crippen molar-refractivity contribution in [3.05, 3.63) is 89.3 Å². The van der Waals surface area contributed by atoms with Crippen LogP contribution in [0.15, 0.2) is 67.1 Å². The monoisotopic (exact) mass is 491 g/mol. The van der Waals surface area contributed by atoms with Gasteiger partial charge in [-0.15, -0.1) is 0 Å². The zero-order valence-electron chi connectivity index (χ0n) is 17.0. The summed E-state index contributed by atoms with van der Waals surface area (Å²) in [5.74, 6) is -2.30. The third-order valence-electron chi connectivity index (χ3n) is 4.58. The fraction of sp³-hybridized carbons (Fsp3) is 0.0455. The molecule has 0 radical (unpaired) electrons. The number of carbonyl (C=O) groups is 1. The standard InChI is InChI=1S/C22H14ClF4N5O2/c23-17-16(8-9-29-20(17)28)34-15-7-6-12(10-14(15)24)31-21(33)18-19(22(25,26)27)32(11-30-18)13-4-2-1-3-5-13/h1-11H,(H2,28,29)(H,31,33). The third-order valence-corrected chi connectivity index (χ3v) is 4.96. The van der Waals surface area contributed by atoms with Crippen LogP contribution in [0, 0.1) is 5.82 Å². The van der Waals surface area contributed by atoms with Gasteiger partial charge in [-0.3, -0.25) is 9.36 Å². The number of nitrogens with two attached hydrogens (primary N) is 1. The molecule has 0 fully saturated rings. The van der Waals surface area contributed by atoms with Crippen LogP contribution in [0.5, 0.6) is 11.5 Å². The van der Waals surface area contributed by atoms with Crippen LogP contribution in [0.2, 0.25) is 5.02 Å². The molecule has 12 heteroatoms. The van der Waals surface area contributed by atoms with Crippen molar-refractivity contribution < 1.29 is 27.1 Å². The lowest BCUT2D eigenvalue weighted by Gasteiger charge is -2.13. The molecule has 174 valence electrons. The van der Waals surface area contributed by atoms with E-state index in [1.54, 1.807) is 18.2 Å². The van der Waals surface area contributed by atoms with Gasteiger partial charge in [0, 0.05) is 29.7 Å². The first-order valence-corrected chi connectivity index (χ1v) is 9.91. The summed E-state index contributed by atoms with van der Waals surface area (Å²) in [4.78, 5) is 20.0. The quantitative estimate of drug-likeness (QED) is 0.349. The second kappa shape index (κ2) is 9.02. The smallest absolute Gasteiger partial charge is 0.434 e. The fourth-order valence-electron chi connectivity index (χ4n) is 3.06. The first-order chi connectivity index (χ1) is 16.1. The van der Waals surface area contributed by atoms with E-state index in [9.17, 15) is 22.4 Å². The van der Waals surface area contributed by atoms with Crippen LogP contribution in [0.1, 0.15) is 16.2 Å². The number of rotatable bonds is 5. The normalized spacial score (nSPS) is 11.3. The largest absolute Gasteiger partial charge is 0.453 e. The highest BCUT2D eigenvalue weighted by molar-refractivity contribution is 6.34. The van der Waals surface area contributed by atoms with Crippen molar-refractivity contribution in [1.29, 1.82) is 0 Å². The van der Waals surface area contributed by atoms with Crippen LogP contribution in [0.3, 0.4) is 0 Å². The van der Waals surface area contributed by atoms with E-state index in [0.717, 1.165) is 17.0 Å². The number of hydrogen-bond acceptors (Lipinski definition) is 5. The van der Waals surface area contributed by atoms with Crippen molar-refractivity contribution in [1.82, 2.24) is 14.5 Å². The maximum absolute atomic E-state index is 14.5. The van der Waals surface area contributed by atoms with Gasteiger partial charge in [0.15, 0.2) is 28.7 Å². The molecule has 4 rings (SSSR count). The van der Waals surface area contributed by atoms with Crippen LogP contribution in [0.4, 0.5) is 29.1 Å². The molecule has 0 spiro atoms. The van der Waals surface area contributed by atoms with E-state index >= 15 is 0 Å². The van der Waals surface area contributed by atoms with E-state index in [-0.39, 0.29) is 33.7 Å². The first kappa shape index (κ1) is 23.1. The molecule has 34 heavy (non-hydrogen) atoms. The summed E-state index contributed by atoms with van der Waals surface area (Å²) in [6.07, 6.45) is -2.67. The Balaban J connectivity index is 1.59. The molecule has 2 aromatic heterocycles. The number of anilines is 2. The Hall–Kier alpha value is -4.12. The van der Waals surface area contributed by atoms with Gasteiger partial charge in [0.05, 0.1) is 0 Å². The summed E-state index contributed by atoms with van der Waals surface area (Å²) in [6, 6.07) is 12.3. The number of benzene rings is 2. The number of nitrogen functional groups attached to an aromatic ring is 1. The van der Waals surface area contributed by atoms with Crippen LogP contribution in [0.25, 0.3) is 5.69 Å². The number of halogens is 5. The minimum absolute atomic E-state index is 0.0149. The maximum atomic E-state index is 14.5.